The van der Waals surface area contributed by atoms with E-state index in [1.165, 1.54) is 48.5 Å². The summed E-state index contributed by atoms with van der Waals surface area (Å²) in [5, 5.41) is 20.6. The van der Waals surface area contributed by atoms with Gasteiger partial charge in [0.05, 0.1) is 34.1 Å². The third kappa shape index (κ3) is 10.8. The van der Waals surface area contributed by atoms with Gasteiger partial charge in [0.2, 0.25) is 20.0 Å². The van der Waals surface area contributed by atoms with E-state index in [2.05, 4.69) is 15.0 Å². The average molecular weight is 657 g/mol. The van der Waals surface area contributed by atoms with Crippen LogP contribution in [-0.4, -0.2) is 33.8 Å². The predicted octanol–water partition coefficient (Wildman–Crippen LogP) is 4.27. The number of hydrogen-bond acceptors (Lipinski definition) is 7. The van der Waals surface area contributed by atoms with Crippen LogP contribution in [0.5, 0.6) is 0 Å². The standard InChI is InChI=1S/C14H10FN3O3S.C8H4FNO2.C6H8N2O2S/c1-17-9-5-6-13(15)12(8-9)14(19)18-10-3-2-4-11(7-10)22(16,20)21;1-10-5-2-3-7(9)6(4-5)8(11)12;7-5-2-1-3-6(4-5)11(8,9)10/h2-8H,(H,18,19)(H2,16,20,21);2-4H,(H,11,12);1-4H,7H2,(H2,8,9,10). The Morgan fingerprint density at radius 1 is 0.711 bits per heavy atom. The molecule has 0 aliphatic rings. The fourth-order valence-corrected chi connectivity index (χ4v) is 4.27. The Bertz CT molecular complexity index is 2060. The first kappa shape index (κ1) is 35.5. The molecule has 0 fully saturated rings. The maximum absolute atomic E-state index is 13.6. The minimum Gasteiger partial charge on any atom is -0.478 e. The normalized spacial score (nSPS) is 10.4. The molecule has 0 bridgehead atoms. The fraction of sp³-hybridized carbons (Fsp3) is 0. The van der Waals surface area contributed by atoms with Crippen molar-refractivity contribution >= 4 is 54.7 Å². The molecule has 45 heavy (non-hydrogen) atoms. The van der Waals surface area contributed by atoms with Crippen LogP contribution < -0.4 is 21.3 Å². The van der Waals surface area contributed by atoms with E-state index in [1.54, 1.807) is 6.07 Å². The molecule has 4 rings (SSSR count). The van der Waals surface area contributed by atoms with Crippen LogP contribution in [0.2, 0.25) is 0 Å². The van der Waals surface area contributed by atoms with Crippen molar-refractivity contribution in [3.63, 3.8) is 0 Å². The number of benzene rings is 4. The Hall–Kier alpha value is -5.72. The molecule has 0 saturated carbocycles. The Morgan fingerprint density at radius 3 is 1.62 bits per heavy atom. The monoisotopic (exact) mass is 656 g/mol. The molecule has 0 aromatic heterocycles. The van der Waals surface area contributed by atoms with E-state index in [0.29, 0.717) is 5.69 Å². The lowest BCUT2D eigenvalue weighted by molar-refractivity contribution is 0.0691. The summed E-state index contributed by atoms with van der Waals surface area (Å²) in [6.07, 6.45) is 0. The number of hydrogen-bond donors (Lipinski definition) is 5. The first-order valence-corrected chi connectivity index (χ1v) is 15.0. The number of carbonyl (C=O) groups excluding carboxylic acids is 1. The summed E-state index contributed by atoms with van der Waals surface area (Å²) in [6.45, 7) is 13.4. The topological polar surface area (TPSA) is 221 Å². The number of rotatable bonds is 5. The first-order chi connectivity index (χ1) is 21.0. The summed E-state index contributed by atoms with van der Waals surface area (Å²) in [5.41, 5.74) is 5.32. The third-order valence-corrected chi connectivity index (χ3v) is 7.06. The number of primary sulfonamides is 2. The Labute approximate surface area is 256 Å². The minimum absolute atomic E-state index is 0.0394. The van der Waals surface area contributed by atoms with E-state index < -0.39 is 49.1 Å². The molecule has 0 aliphatic heterocycles. The van der Waals surface area contributed by atoms with Gasteiger partial charge < -0.3 is 16.2 Å². The molecule has 0 unspecified atom stereocenters. The Balaban J connectivity index is 0.000000259. The molecule has 0 heterocycles. The van der Waals surface area contributed by atoms with Crippen LogP contribution in [0, 0.1) is 24.8 Å². The van der Waals surface area contributed by atoms with Gasteiger partial charge in [-0.1, -0.05) is 24.3 Å². The van der Waals surface area contributed by atoms with E-state index in [0.717, 1.165) is 30.3 Å². The van der Waals surface area contributed by atoms with Gasteiger partial charge in [-0.3, -0.25) is 4.79 Å². The van der Waals surface area contributed by atoms with Crippen molar-refractivity contribution in [2.75, 3.05) is 11.1 Å². The summed E-state index contributed by atoms with van der Waals surface area (Å²) in [7, 11) is -7.52. The highest BCUT2D eigenvalue weighted by molar-refractivity contribution is 7.89. The summed E-state index contributed by atoms with van der Waals surface area (Å²) in [5.74, 6) is -3.77. The van der Waals surface area contributed by atoms with Gasteiger partial charge in [-0.25, -0.2) is 50.4 Å². The molecule has 4 aromatic carbocycles. The van der Waals surface area contributed by atoms with Crippen LogP contribution in [0.1, 0.15) is 20.7 Å². The first-order valence-electron chi connectivity index (χ1n) is 11.9. The second-order valence-electron chi connectivity index (χ2n) is 8.50. The van der Waals surface area contributed by atoms with Crippen LogP contribution >= 0.6 is 0 Å². The van der Waals surface area contributed by atoms with Crippen molar-refractivity contribution in [3.05, 3.63) is 131 Å². The Kier molecular flexibility index (Phi) is 11.9. The zero-order valence-corrected chi connectivity index (χ0v) is 24.3. The number of carboxylic acid groups (broad SMARTS) is 1. The quantitative estimate of drug-likeness (QED) is 0.154. The molecule has 0 radical (unpaired) electrons. The lowest BCUT2D eigenvalue weighted by Crippen LogP contribution is -2.15. The van der Waals surface area contributed by atoms with Gasteiger partial charge in [-0.05, 0) is 60.7 Å². The minimum atomic E-state index is -3.91. The number of carbonyl (C=O) groups is 2. The molecule has 232 valence electrons. The number of nitrogens with one attached hydrogen (secondary N) is 1. The van der Waals surface area contributed by atoms with Crippen molar-refractivity contribution in [1.29, 1.82) is 0 Å². The van der Waals surface area contributed by atoms with E-state index in [4.69, 9.17) is 34.3 Å². The van der Waals surface area contributed by atoms with Crippen molar-refractivity contribution in [1.82, 2.24) is 0 Å². The van der Waals surface area contributed by atoms with Gasteiger partial charge in [0.15, 0.2) is 11.4 Å². The van der Waals surface area contributed by atoms with Gasteiger partial charge in [0.25, 0.3) is 5.91 Å². The highest BCUT2D eigenvalue weighted by Gasteiger charge is 2.15. The van der Waals surface area contributed by atoms with Crippen molar-refractivity contribution in [2.24, 2.45) is 10.3 Å². The number of sulfonamides is 2. The number of amides is 1. The SMILES string of the molecule is Nc1cccc(S(N)(=O)=O)c1.[C-]#[N+]c1ccc(F)c(C(=O)Nc2cccc(S(N)(=O)=O)c2)c1.[C-]#[N+]c1ccc(F)c(C(=O)O)c1. The predicted molar refractivity (Wildman–Crippen MR) is 160 cm³/mol. The zero-order chi connectivity index (χ0) is 33.9. The molecule has 17 heteroatoms. The average Bonchev–Trinajstić information content (AvgIpc) is 2.97. The maximum atomic E-state index is 13.6. The molecule has 0 aliphatic carbocycles. The molecule has 0 saturated heterocycles. The van der Waals surface area contributed by atoms with E-state index in [1.807, 2.05) is 0 Å². The van der Waals surface area contributed by atoms with Crippen LogP contribution in [0.25, 0.3) is 9.69 Å². The molecule has 13 nitrogen and oxygen atoms in total. The van der Waals surface area contributed by atoms with Crippen molar-refractivity contribution in [2.45, 2.75) is 9.79 Å². The Morgan fingerprint density at radius 2 is 1.18 bits per heavy atom. The molecule has 1 amide bonds. The summed E-state index contributed by atoms with van der Waals surface area (Å²) in [6, 6.07) is 17.7. The molecule has 4 aromatic rings. The zero-order valence-electron chi connectivity index (χ0n) is 22.7. The van der Waals surface area contributed by atoms with Crippen molar-refractivity contribution in [3.8, 4) is 0 Å². The molecule has 0 spiro atoms. The molecular weight excluding hydrogens is 634 g/mol. The number of aromatic carboxylic acids is 1. The lowest BCUT2D eigenvalue weighted by Gasteiger charge is -2.08. The number of nitrogens with two attached hydrogens (primary N) is 3. The largest absolute Gasteiger partial charge is 0.478 e. The van der Waals surface area contributed by atoms with Crippen LogP contribution in [-0.2, 0) is 20.0 Å². The van der Waals surface area contributed by atoms with Gasteiger partial charge in [0.1, 0.15) is 11.6 Å². The number of nitrogens with zero attached hydrogens (tertiary/aromatic N) is 2. The molecular formula is C28H22F2N6O7S2. The van der Waals surface area contributed by atoms with Gasteiger partial charge in [-0.2, -0.15) is 0 Å². The van der Waals surface area contributed by atoms with E-state index in [9.17, 15) is 35.2 Å². The number of halogens is 2. The van der Waals surface area contributed by atoms with Crippen LogP contribution in [0.4, 0.5) is 31.5 Å². The van der Waals surface area contributed by atoms with E-state index in [-0.39, 0.29) is 32.4 Å². The lowest BCUT2D eigenvalue weighted by atomic mass is 10.1. The second kappa shape index (κ2) is 15.1. The van der Waals surface area contributed by atoms with Gasteiger partial charge in [-0.15, -0.1) is 0 Å². The highest BCUT2D eigenvalue weighted by atomic mass is 32.2. The molecule has 0 atom stereocenters. The smallest absolute Gasteiger partial charge is 0.337 e. The maximum Gasteiger partial charge on any atom is 0.337 e. The fourth-order valence-electron chi connectivity index (χ4n) is 3.14. The summed E-state index contributed by atoms with van der Waals surface area (Å²) >= 11 is 0. The number of anilines is 2. The molecule has 8 N–H and O–H groups in total. The van der Waals surface area contributed by atoms with Gasteiger partial charge in [0, 0.05) is 11.4 Å². The van der Waals surface area contributed by atoms with Crippen LogP contribution in [0.3, 0.4) is 0 Å². The van der Waals surface area contributed by atoms with E-state index >= 15 is 0 Å². The third-order valence-electron chi connectivity index (χ3n) is 5.24. The second-order valence-corrected chi connectivity index (χ2v) is 11.6. The van der Waals surface area contributed by atoms with Crippen molar-refractivity contribution < 1.29 is 40.3 Å². The number of carboxylic acids is 1. The number of nitrogen functional groups attached to an aromatic ring is 1. The van der Waals surface area contributed by atoms with Crippen LogP contribution in [0.15, 0.2) is 94.7 Å². The van der Waals surface area contributed by atoms with Gasteiger partial charge >= 0.3 is 5.97 Å². The summed E-state index contributed by atoms with van der Waals surface area (Å²) < 4.78 is 70.2. The highest BCUT2D eigenvalue weighted by Crippen LogP contribution is 2.20. The summed E-state index contributed by atoms with van der Waals surface area (Å²) in [4.78, 5) is 28.3.